The van der Waals surface area contributed by atoms with Gasteiger partial charge in [-0.05, 0) is 43.2 Å². The Morgan fingerprint density at radius 2 is 1.92 bits per heavy atom. The van der Waals surface area contributed by atoms with E-state index < -0.39 is 8.07 Å². The minimum absolute atomic E-state index is 0.199. The van der Waals surface area contributed by atoms with Crippen molar-refractivity contribution in [2.45, 2.75) is 78.9 Å². The molecule has 0 radical (unpaired) electrons. The van der Waals surface area contributed by atoms with Gasteiger partial charge < -0.3 is 4.42 Å². The Bertz CT molecular complexity index is 730. The molecular formula is C21H32O2Si. The molecule has 0 aromatic carbocycles. The van der Waals surface area contributed by atoms with Gasteiger partial charge in [0.05, 0.1) is 16.4 Å². The minimum atomic E-state index is -1.80. The van der Waals surface area contributed by atoms with Gasteiger partial charge in [-0.15, -0.1) is 0 Å². The van der Waals surface area contributed by atoms with E-state index in [1.54, 1.807) is 0 Å². The number of allylic oxidation sites excluding steroid dienone is 2. The quantitative estimate of drug-likeness (QED) is 0.504. The van der Waals surface area contributed by atoms with Gasteiger partial charge in [0.25, 0.3) is 0 Å². The molecule has 3 rings (SSSR count). The van der Waals surface area contributed by atoms with Crippen LogP contribution >= 0.6 is 0 Å². The van der Waals surface area contributed by atoms with E-state index in [1.165, 1.54) is 5.57 Å². The first-order valence-corrected chi connectivity index (χ1v) is 12.3. The minimum Gasteiger partial charge on any atom is -0.470 e. The molecule has 0 amide bonds. The molecule has 0 bridgehead atoms. The van der Waals surface area contributed by atoms with E-state index in [0.29, 0.717) is 11.7 Å². The average molecular weight is 345 g/mol. The lowest BCUT2D eigenvalue weighted by molar-refractivity contribution is 0.0745. The summed E-state index contributed by atoms with van der Waals surface area (Å²) < 4.78 is 6.43. The van der Waals surface area contributed by atoms with Crippen LogP contribution in [-0.2, 0) is 6.42 Å². The van der Waals surface area contributed by atoms with Crippen LogP contribution in [0.4, 0.5) is 0 Å². The monoisotopic (exact) mass is 344 g/mol. The highest BCUT2D eigenvalue weighted by atomic mass is 28.3. The topological polar surface area (TPSA) is 30.2 Å². The summed E-state index contributed by atoms with van der Waals surface area (Å²) in [5, 5.41) is 1.33. The van der Waals surface area contributed by atoms with E-state index in [-0.39, 0.29) is 10.5 Å². The molecule has 0 saturated carbocycles. The molecule has 2 atom stereocenters. The molecule has 1 aromatic rings. The van der Waals surface area contributed by atoms with Gasteiger partial charge in [0.1, 0.15) is 13.8 Å². The maximum Gasteiger partial charge on any atom is 0.176 e. The number of carbonyl (C=O) groups excluding carboxylic acids is 1. The molecular weight excluding hydrogens is 312 g/mol. The SMILES string of the molecule is Cc1c([Si](C)(C)C(C)(C)C)oc2c1C(=O)[C@@]1(C)C(=CCC[C@@H]1C)C2. The number of hydrogen-bond donors (Lipinski definition) is 0. The van der Waals surface area contributed by atoms with E-state index in [2.05, 4.69) is 60.7 Å². The summed E-state index contributed by atoms with van der Waals surface area (Å²) in [5.74, 6) is 1.63. The highest BCUT2D eigenvalue weighted by Crippen LogP contribution is 2.50. The van der Waals surface area contributed by atoms with Crippen LogP contribution in [-0.4, -0.2) is 13.9 Å². The Kier molecular flexibility index (Phi) is 3.84. The van der Waals surface area contributed by atoms with Crippen molar-refractivity contribution < 1.29 is 9.21 Å². The number of fused-ring (bicyclic) bond motifs is 2. The van der Waals surface area contributed by atoms with Gasteiger partial charge in [0, 0.05) is 6.42 Å². The maximum absolute atomic E-state index is 13.5. The van der Waals surface area contributed by atoms with Gasteiger partial charge in [-0.2, -0.15) is 0 Å². The Morgan fingerprint density at radius 1 is 1.29 bits per heavy atom. The van der Waals surface area contributed by atoms with Crippen LogP contribution in [0.5, 0.6) is 0 Å². The molecule has 1 aromatic heterocycles. The number of carbonyl (C=O) groups is 1. The number of Topliss-reactive ketones (excluding diaryl/α,β-unsaturated/α-hetero) is 1. The molecule has 0 saturated heterocycles. The van der Waals surface area contributed by atoms with E-state index in [4.69, 9.17) is 4.42 Å². The second-order valence-electron chi connectivity index (χ2n) is 9.65. The van der Waals surface area contributed by atoms with Crippen LogP contribution in [0.3, 0.4) is 0 Å². The fourth-order valence-corrected chi connectivity index (χ4v) is 6.44. The Hall–Kier alpha value is -1.09. The van der Waals surface area contributed by atoms with Crippen LogP contribution in [0.2, 0.25) is 18.1 Å². The molecule has 0 aliphatic heterocycles. The first-order chi connectivity index (χ1) is 10.9. The van der Waals surface area contributed by atoms with Gasteiger partial charge in [0.2, 0.25) is 0 Å². The third-order valence-electron chi connectivity index (χ3n) is 7.36. The van der Waals surface area contributed by atoms with Crippen molar-refractivity contribution in [3.05, 3.63) is 28.5 Å². The second kappa shape index (κ2) is 5.20. The van der Waals surface area contributed by atoms with Gasteiger partial charge in [-0.1, -0.05) is 52.4 Å². The van der Waals surface area contributed by atoms with E-state index in [9.17, 15) is 4.79 Å². The maximum atomic E-state index is 13.5. The summed E-state index contributed by atoms with van der Waals surface area (Å²) in [6.45, 7) is 18.1. The third-order valence-corrected chi connectivity index (χ3v) is 12.7. The molecule has 24 heavy (non-hydrogen) atoms. The number of ketones is 1. The van der Waals surface area contributed by atoms with Crippen molar-refractivity contribution in [1.29, 1.82) is 0 Å². The predicted octanol–water partition coefficient (Wildman–Crippen LogP) is 5.40. The van der Waals surface area contributed by atoms with Gasteiger partial charge in [0.15, 0.2) is 5.78 Å². The Labute approximate surface area is 147 Å². The number of hydrogen-bond acceptors (Lipinski definition) is 2. The largest absolute Gasteiger partial charge is 0.470 e. The predicted molar refractivity (Wildman–Crippen MR) is 103 cm³/mol. The van der Waals surface area contributed by atoms with E-state index in [0.717, 1.165) is 41.5 Å². The molecule has 1 heterocycles. The van der Waals surface area contributed by atoms with Crippen molar-refractivity contribution in [3.8, 4) is 0 Å². The van der Waals surface area contributed by atoms with Crippen LogP contribution in [0.1, 0.15) is 69.1 Å². The Balaban J connectivity index is 2.19. The zero-order valence-corrected chi connectivity index (χ0v) is 17.6. The summed E-state index contributed by atoms with van der Waals surface area (Å²) in [5.41, 5.74) is 2.99. The summed E-state index contributed by atoms with van der Waals surface area (Å²) in [6, 6.07) is 0. The van der Waals surface area contributed by atoms with Crippen LogP contribution in [0.25, 0.3) is 0 Å². The standard InChI is InChI=1S/C21H32O2Si/c1-13-10-9-11-15-12-16-17(18(22)21(13,15)6)14(2)19(23-16)24(7,8)20(3,4)5/h11,13H,9-10,12H2,1-8H3/t13-,21+/m0/s1. The molecule has 2 nitrogen and oxygen atoms in total. The molecule has 2 aliphatic rings. The van der Waals surface area contributed by atoms with Crippen LogP contribution in [0.15, 0.2) is 16.1 Å². The lowest BCUT2D eigenvalue weighted by Gasteiger charge is -2.42. The van der Waals surface area contributed by atoms with Gasteiger partial charge in [-0.3, -0.25) is 4.79 Å². The van der Waals surface area contributed by atoms with Crippen molar-refractivity contribution in [3.63, 3.8) is 0 Å². The van der Waals surface area contributed by atoms with Crippen molar-refractivity contribution in [2.24, 2.45) is 11.3 Å². The molecule has 3 heteroatoms. The van der Waals surface area contributed by atoms with Gasteiger partial charge in [-0.25, -0.2) is 0 Å². The fraction of sp³-hybridized carbons (Fsp3) is 0.667. The molecule has 132 valence electrons. The summed E-state index contributed by atoms with van der Waals surface area (Å²) in [7, 11) is -1.80. The molecule has 2 aliphatic carbocycles. The van der Waals surface area contributed by atoms with E-state index >= 15 is 0 Å². The first kappa shape index (κ1) is 17.7. The van der Waals surface area contributed by atoms with Crippen molar-refractivity contribution in [2.75, 3.05) is 0 Å². The zero-order chi connectivity index (χ0) is 18.1. The molecule has 0 spiro atoms. The Morgan fingerprint density at radius 3 is 2.50 bits per heavy atom. The summed E-state index contributed by atoms with van der Waals surface area (Å²) >= 11 is 0. The van der Waals surface area contributed by atoms with Crippen molar-refractivity contribution in [1.82, 2.24) is 0 Å². The highest BCUT2D eigenvalue weighted by molar-refractivity contribution is 6.91. The number of rotatable bonds is 1. The van der Waals surface area contributed by atoms with Crippen LogP contribution < -0.4 is 5.38 Å². The van der Waals surface area contributed by atoms with Gasteiger partial charge >= 0.3 is 0 Å². The third kappa shape index (κ3) is 2.16. The average Bonchev–Trinajstić information content (AvgIpc) is 2.79. The normalized spacial score (nSPS) is 27.6. The van der Waals surface area contributed by atoms with Crippen LogP contribution in [0, 0.1) is 18.3 Å². The lowest BCUT2D eigenvalue weighted by atomic mass is 9.59. The fourth-order valence-electron chi connectivity index (χ4n) is 4.31. The summed E-state index contributed by atoms with van der Waals surface area (Å²) in [6.07, 6.45) is 5.30. The first-order valence-electron chi connectivity index (χ1n) is 9.29. The highest BCUT2D eigenvalue weighted by Gasteiger charge is 2.51. The van der Waals surface area contributed by atoms with Crippen molar-refractivity contribution >= 4 is 19.2 Å². The second-order valence-corrected chi connectivity index (χ2v) is 14.8. The lowest BCUT2D eigenvalue weighted by Crippen LogP contribution is -2.50. The molecule has 0 N–H and O–H groups in total. The molecule has 0 fully saturated rings. The zero-order valence-electron chi connectivity index (χ0n) is 16.6. The number of furan rings is 1. The van der Waals surface area contributed by atoms with E-state index in [1.807, 2.05) is 0 Å². The summed E-state index contributed by atoms with van der Waals surface area (Å²) in [4.78, 5) is 13.5. The smallest absolute Gasteiger partial charge is 0.176 e. The molecule has 0 unspecified atom stereocenters.